The minimum absolute atomic E-state index is 0.635. The lowest BCUT2D eigenvalue weighted by atomic mass is 9.50. The normalized spacial score (nSPS) is 30.0. The fraction of sp³-hybridized carbons (Fsp3) is 0.423. The van der Waals surface area contributed by atoms with Crippen LogP contribution in [0.4, 0.5) is 0 Å². The SMILES string of the molecule is COc1ccc(-c2ccc(C=CC(=O)O)cc2)cc1C1C2CC3CC(C2)CC1C3. The smallest absolute Gasteiger partial charge is 0.328 e. The van der Waals surface area contributed by atoms with E-state index in [1.807, 2.05) is 12.1 Å². The highest BCUT2D eigenvalue weighted by Gasteiger charge is 2.49. The molecule has 0 aromatic heterocycles. The van der Waals surface area contributed by atoms with E-state index < -0.39 is 5.97 Å². The molecule has 3 nitrogen and oxygen atoms in total. The fourth-order valence-corrected chi connectivity index (χ4v) is 6.56. The van der Waals surface area contributed by atoms with Crippen LogP contribution in [0.25, 0.3) is 17.2 Å². The number of hydrogen-bond donors (Lipinski definition) is 1. The Morgan fingerprint density at radius 3 is 2.14 bits per heavy atom. The number of carboxylic acids is 1. The maximum atomic E-state index is 10.7. The van der Waals surface area contributed by atoms with Gasteiger partial charge in [0, 0.05) is 6.08 Å². The summed E-state index contributed by atoms with van der Waals surface area (Å²) in [5, 5.41) is 8.80. The first-order valence-electron chi connectivity index (χ1n) is 10.8. The van der Waals surface area contributed by atoms with E-state index in [1.54, 1.807) is 13.2 Å². The lowest BCUT2D eigenvalue weighted by Gasteiger charge is -2.54. The van der Waals surface area contributed by atoms with Gasteiger partial charge in [0.15, 0.2) is 0 Å². The summed E-state index contributed by atoms with van der Waals surface area (Å²) >= 11 is 0. The summed E-state index contributed by atoms with van der Waals surface area (Å²) in [7, 11) is 1.79. The summed E-state index contributed by atoms with van der Waals surface area (Å²) in [6.45, 7) is 0. The van der Waals surface area contributed by atoms with E-state index in [-0.39, 0.29) is 0 Å². The van der Waals surface area contributed by atoms with Gasteiger partial charge in [0.2, 0.25) is 0 Å². The molecule has 6 rings (SSSR count). The Balaban J connectivity index is 1.46. The van der Waals surface area contributed by atoms with Crippen LogP contribution >= 0.6 is 0 Å². The molecule has 0 spiro atoms. The van der Waals surface area contributed by atoms with Gasteiger partial charge in [-0.3, -0.25) is 0 Å². The quantitative estimate of drug-likeness (QED) is 0.639. The Hall–Kier alpha value is -2.55. The van der Waals surface area contributed by atoms with E-state index >= 15 is 0 Å². The van der Waals surface area contributed by atoms with Gasteiger partial charge in [-0.2, -0.15) is 0 Å². The van der Waals surface area contributed by atoms with Crippen LogP contribution in [-0.4, -0.2) is 18.2 Å². The average Bonchev–Trinajstić information content (AvgIpc) is 2.72. The van der Waals surface area contributed by atoms with Crippen molar-refractivity contribution >= 4 is 12.0 Å². The topological polar surface area (TPSA) is 46.5 Å². The number of aliphatic carboxylic acids is 1. The first kappa shape index (κ1) is 18.5. The van der Waals surface area contributed by atoms with E-state index in [0.29, 0.717) is 5.92 Å². The summed E-state index contributed by atoms with van der Waals surface area (Å²) in [6, 6.07) is 14.7. The molecule has 29 heavy (non-hydrogen) atoms. The zero-order valence-corrected chi connectivity index (χ0v) is 16.9. The minimum Gasteiger partial charge on any atom is -0.496 e. The van der Waals surface area contributed by atoms with Crippen LogP contribution in [0.1, 0.15) is 49.1 Å². The predicted octanol–water partition coefficient (Wildman–Crippen LogP) is 6.00. The number of hydrogen-bond acceptors (Lipinski definition) is 2. The first-order chi connectivity index (χ1) is 14.1. The van der Waals surface area contributed by atoms with Gasteiger partial charge in [-0.05, 0) is 102 Å². The fourth-order valence-electron chi connectivity index (χ4n) is 6.56. The van der Waals surface area contributed by atoms with Crippen molar-refractivity contribution in [2.45, 2.75) is 38.0 Å². The molecule has 0 radical (unpaired) electrons. The number of rotatable bonds is 5. The second-order valence-electron chi connectivity index (χ2n) is 9.21. The standard InChI is InChI=1S/C26H28O3/c1-29-24-8-7-20(19-5-2-16(3-6-19)4-9-25(27)28)15-23(24)26-21-11-17-10-18(13-21)14-22(26)12-17/h2-9,15,17-18,21-22,26H,10-14H2,1H3,(H,27,28). The molecule has 2 aromatic rings. The number of benzene rings is 2. The summed E-state index contributed by atoms with van der Waals surface area (Å²) in [6.07, 6.45) is 9.86. The molecule has 0 unspecified atom stereocenters. The van der Waals surface area contributed by atoms with Crippen LogP contribution < -0.4 is 4.74 Å². The molecule has 4 saturated carbocycles. The van der Waals surface area contributed by atoms with E-state index in [0.717, 1.165) is 40.5 Å². The lowest BCUT2D eigenvalue weighted by molar-refractivity contribution is -0.131. The summed E-state index contributed by atoms with van der Waals surface area (Å²) in [4.78, 5) is 10.7. The Morgan fingerprint density at radius 1 is 0.931 bits per heavy atom. The van der Waals surface area contributed by atoms with Gasteiger partial charge in [0.25, 0.3) is 0 Å². The maximum Gasteiger partial charge on any atom is 0.328 e. The third kappa shape index (κ3) is 3.48. The zero-order valence-electron chi connectivity index (χ0n) is 16.9. The molecule has 0 saturated heterocycles. The molecule has 4 fully saturated rings. The molecular weight excluding hydrogens is 360 g/mol. The Morgan fingerprint density at radius 2 is 1.55 bits per heavy atom. The highest BCUT2D eigenvalue weighted by molar-refractivity contribution is 5.85. The van der Waals surface area contributed by atoms with Gasteiger partial charge in [-0.15, -0.1) is 0 Å². The molecule has 4 aliphatic carbocycles. The van der Waals surface area contributed by atoms with Gasteiger partial charge in [-0.25, -0.2) is 4.79 Å². The number of methoxy groups -OCH3 is 1. The van der Waals surface area contributed by atoms with Crippen LogP contribution in [0.3, 0.4) is 0 Å². The number of ether oxygens (including phenoxy) is 1. The molecule has 3 heteroatoms. The van der Waals surface area contributed by atoms with Crippen molar-refractivity contribution in [3.8, 4) is 16.9 Å². The van der Waals surface area contributed by atoms with E-state index in [2.05, 4.69) is 30.3 Å². The summed E-state index contributed by atoms with van der Waals surface area (Å²) < 4.78 is 5.80. The summed E-state index contributed by atoms with van der Waals surface area (Å²) in [5.74, 6) is 4.31. The van der Waals surface area contributed by atoms with Gasteiger partial charge in [-0.1, -0.05) is 30.3 Å². The molecular formula is C26H28O3. The van der Waals surface area contributed by atoms with Crippen LogP contribution in [0.5, 0.6) is 5.75 Å². The van der Waals surface area contributed by atoms with Crippen molar-refractivity contribution in [2.75, 3.05) is 7.11 Å². The van der Waals surface area contributed by atoms with Crippen LogP contribution in [0.2, 0.25) is 0 Å². The third-order valence-electron chi connectivity index (χ3n) is 7.48. The second kappa shape index (κ2) is 7.37. The molecule has 0 atom stereocenters. The molecule has 1 N–H and O–H groups in total. The van der Waals surface area contributed by atoms with E-state index in [4.69, 9.17) is 9.84 Å². The Labute approximate surface area is 172 Å². The highest BCUT2D eigenvalue weighted by atomic mass is 16.5. The first-order valence-corrected chi connectivity index (χ1v) is 10.8. The van der Waals surface area contributed by atoms with E-state index in [9.17, 15) is 4.79 Å². The minimum atomic E-state index is -0.926. The Bertz CT molecular complexity index is 913. The highest BCUT2D eigenvalue weighted by Crippen LogP contribution is 2.60. The molecule has 4 bridgehead atoms. The van der Waals surface area contributed by atoms with E-state index in [1.165, 1.54) is 49.3 Å². The molecule has 0 heterocycles. The average molecular weight is 389 g/mol. The van der Waals surface area contributed by atoms with Gasteiger partial charge in [0.05, 0.1) is 7.11 Å². The van der Waals surface area contributed by atoms with Crippen molar-refractivity contribution in [2.24, 2.45) is 23.7 Å². The molecule has 2 aromatic carbocycles. The predicted molar refractivity (Wildman–Crippen MR) is 115 cm³/mol. The van der Waals surface area contributed by atoms with Crippen molar-refractivity contribution < 1.29 is 14.6 Å². The molecule has 4 aliphatic rings. The van der Waals surface area contributed by atoms with Gasteiger partial charge in [0.1, 0.15) is 5.75 Å². The van der Waals surface area contributed by atoms with Crippen LogP contribution in [0, 0.1) is 23.7 Å². The van der Waals surface area contributed by atoms with Crippen molar-refractivity contribution in [3.05, 3.63) is 59.7 Å². The van der Waals surface area contributed by atoms with Crippen molar-refractivity contribution in [1.29, 1.82) is 0 Å². The largest absolute Gasteiger partial charge is 0.496 e. The van der Waals surface area contributed by atoms with Crippen LogP contribution in [-0.2, 0) is 4.79 Å². The maximum absolute atomic E-state index is 10.7. The lowest BCUT2D eigenvalue weighted by Crippen LogP contribution is -2.43. The molecule has 0 aliphatic heterocycles. The zero-order chi connectivity index (χ0) is 20.0. The van der Waals surface area contributed by atoms with Crippen molar-refractivity contribution in [3.63, 3.8) is 0 Å². The third-order valence-corrected chi connectivity index (χ3v) is 7.48. The van der Waals surface area contributed by atoms with Gasteiger partial charge < -0.3 is 9.84 Å². The number of carbonyl (C=O) groups is 1. The Kier molecular flexibility index (Phi) is 4.69. The summed E-state index contributed by atoms with van der Waals surface area (Å²) in [5.41, 5.74) is 4.66. The van der Waals surface area contributed by atoms with Crippen LogP contribution in [0.15, 0.2) is 48.5 Å². The second-order valence-corrected chi connectivity index (χ2v) is 9.21. The van der Waals surface area contributed by atoms with Gasteiger partial charge >= 0.3 is 5.97 Å². The monoisotopic (exact) mass is 388 g/mol. The molecule has 0 amide bonds. The molecule has 150 valence electrons. The number of carboxylic acid groups (broad SMARTS) is 1. The van der Waals surface area contributed by atoms with Crippen molar-refractivity contribution in [1.82, 2.24) is 0 Å².